The molecule has 0 fully saturated rings. The monoisotopic (exact) mass is 401 g/mol. The van der Waals surface area contributed by atoms with Crippen molar-refractivity contribution in [2.75, 3.05) is 25.1 Å². The van der Waals surface area contributed by atoms with Crippen molar-refractivity contribution in [3.8, 4) is 17.2 Å². The van der Waals surface area contributed by atoms with Gasteiger partial charge in [-0.25, -0.2) is 4.79 Å². The van der Waals surface area contributed by atoms with Crippen LogP contribution in [0.25, 0.3) is 0 Å². The number of nitrogens with zero attached hydrogens (tertiary/aromatic N) is 1. The largest absolute Gasteiger partial charge is 0.497 e. The molecule has 2 aliphatic heterocycles. The zero-order chi connectivity index (χ0) is 20.9. The number of rotatable bonds is 4. The summed E-state index contributed by atoms with van der Waals surface area (Å²) in [6, 6.07) is 19.3. The molecular weight excluding hydrogens is 378 g/mol. The molecule has 2 heterocycles. The molecule has 5 rings (SSSR count). The van der Waals surface area contributed by atoms with E-state index < -0.39 is 5.60 Å². The van der Waals surface area contributed by atoms with Gasteiger partial charge in [-0.3, -0.25) is 0 Å². The van der Waals surface area contributed by atoms with Crippen LogP contribution in [0.1, 0.15) is 40.9 Å². The number of carbonyl (C=O) groups is 1. The molecule has 0 unspecified atom stereocenters. The van der Waals surface area contributed by atoms with Gasteiger partial charge in [-0.2, -0.15) is 0 Å². The van der Waals surface area contributed by atoms with Crippen molar-refractivity contribution >= 4 is 11.7 Å². The molecular formula is C25H23NO4. The zero-order valence-electron chi connectivity index (χ0n) is 17.3. The maximum absolute atomic E-state index is 13.4. The molecule has 3 aromatic carbocycles. The molecule has 1 spiro atoms. The lowest BCUT2D eigenvalue weighted by Gasteiger charge is -2.36. The summed E-state index contributed by atoms with van der Waals surface area (Å²) in [7, 11) is 1.64. The van der Waals surface area contributed by atoms with E-state index in [9.17, 15) is 4.79 Å². The Labute approximate surface area is 175 Å². The van der Waals surface area contributed by atoms with Crippen LogP contribution in [0.4, 0.5) is 5.69 Å². The summed E-state index contributed by atoms with van der Waals surface area (Å²) >= 11 is 0. The van der Waals surface area contributed by atoms with E-state index in [1.165, 1.54) is 0 Å². The minimum absolute atomic E-state index is 0.332. The van der Waals surface area contributed by atoms with Crippen LogP contribution in [0.5, 0.6) is 17.2 Å². The van der Waals surface area contributed by atoms with Crippen molar-refractivity contribution in [3.63, 3.8) is 0 Å². The molecule has 5 nitrogen and oxygen atoms in total. The molecule has 0 saturated carbocycles. The van der Waals surface area contributed by atoms with Crippen molar-refractivity contribution in [3.05, 3.63) is 82.9 Å². The van der Waals surface area contributed by atoms with E-state index in [1.54, 1.807) is 7.11 Å². The third-order valence-corrected chi connectivity index (χ3v) is 6.01. The predicted molar refractivity (Wildman–Crippen MR) is 115 cm³/mol. The first-order valence-corrected chi connectivity index (χ1v) is 10.2. The van der Waals surface area contributed by atoms with Gasteiger partial charge in [0.15, 0.2) is 5.60 Å². The SMILES string of the molecule is CCN(CC)c1cc(OC)cc2c1C(=O)OC21c2ccccc2Oc2ccccc21. The molecule has 5 heteroatoms. The second kappa shape index (κ2) is 6.80. The van der Waals surface area contributed by atoms with Gasteiger partial charge in [0.1, 0.15) is 17.2 Å². The minimum atomic E-state index is -1.08. The number of anilines is 1. The highest BCUT2D eigenvalue weighted by atomic mass is 16.6. The molecule has 2 aliphatic rings. The molecule has 0 bridgehead atoms. The van der Waals surface area contributed by atoms with Gasteiger partial charge in [-0.15, -0.1) is 0 Å². The number of hydrogen-bond donors (Lipinski definition) is 0. The summed E-state index contributed by atoms with van der Waals surface area (Å²) < 4.78 is 18.1. The Morgan fingerprint density at radius 2 is 1.50 bits per heavy atom. The van der Waals surface area contributed by atoms with Gasteiger partial charge < -0.3 is 19.1 Å². The topological polar surface area (TPSA) is 48.0 Å². The number of para-hydroxylation sites is 2. The molecule has 0 atom stereocenters. The lowest BCUT2D eigenvalue weighted by atomic mass is 9.77. The molecule has 30 heavy (non-hydrogen) atoms. The number of esters is 1. The van der Waals surface area contributed by atoms with Gasteiger partial charge in [0.2, 0.25) is 0 Å². The van der Waals surface area contributed by atoms with Gasteiger partial charge in [-0.1, -0.05) is 36.4 Å². The summed E-state index contributed by atoms with van der Waals surface area (Å²) in [5.74, 6) is 1.73. The standard InChI is InChI=1S/C25H23NO4/c1-4-26(5-2)20-15-16(28-3)14-19-23(20)24(27)30-25(19)17-10-6-8-12-21(17)29-22-13-9-7-11-18(22)25/h6-15H,4-5H2,1-3H3. The van der Waals surface area contributed by atoms with Gasteiger partial charge >= 0.3 is 5.97 Å². The van der Waals surface area contributed by atoms with E-state index in [0.717, 1.165) is 35.5 Å². The molecule has 0 aromatic heterocycles. The lowest BCUT2D eigenvalue weighted by Crippen LogP contribution is -2.33. The van der Waals surface area contributed by atoms with Crippen LogP contribution >= 0.6 is 0 Å². The first-order chi connectivity index (χ1) is 14.6. The number of methoxy groups -OCH3 is 1. The summed E-state index contributed by atoms with van der Waals surface area (Å²) in [6.45, 7) is 5.69. The maximum Gasteiger partial charge on any atom is 0.342 e. The summed E-state index contributed by atoms with van der Waals surface area (Å²) in [4.78, 5) is 15.5. The Balaban J connectivity index is 1.89. The molecule has 0 N–H and O–H groups in total. The summed E-state index contributed by atoms with van der Waals surface area (Å²) in [6.07, 6.45) is 0. The van der Waals surface area contributed by atoms with E-state index in [1.807, 2.05) is 60.7 Å². The van der Waals surface area contributed by atoms with Crippen LogP contribution < -0.4 is 14.4 Å². The third kappa shape index (κ3) is 2.38. The van der Waals surface area contributed by atoms with E-state index in [-0.39, 0.29) is 5.97 Å². The Morgan fingerprint density at radius 3 is 2.07 bits per heavy atom. The van der Waals surface area contributed by atoms with Crippen LogP contribution in [-0.2, 0) is 10.3 Å². The number of carbonyl (C=O) groups excluding carboxylic acids is 1. The molecule has 0 amide bonds. The van der Waals surface area contributed by atoms with Crippen LogP contribution in [0.15, 0.2) is 60.7 Å². The van der Waals surface area contributed by atoms with E-state index in [4.69, 9.17) is 14.2 Å². The van der Waals surface area contributed by atoms with Gasteiger partial charge in [0.25, 0.3) is 0 Å². The lowest BCUT2D eigenvalue weighted by molar-refractivity contribution is 0.0224. The number of ether oxygens (including phenoxy) is 3. The first kappa shape index (κ1) is 18.6. The number of benzene rings is 3. The average molecular weight is 401 g/mol. The fraction of sp³-hybridized carbons (Fsp3) is 0.240. The molecule has 152 valence electrons. The van der Waals surface area contributed by atoms with Crippen LogP contribution in [0.3, 0.4) is 0 Å². The fourth-order valence-electron chi connectivity index (χ4n) is 4.63. The Bertz CT molecular complexity index is 1100. The van der Waals surface area contributed by atoms with Gasteiger partial charge in [0.05, 0.1) is 18.4 Å². The van der Waals surface area contributed by atoms with E-state index in [2.05, 4.69) is 18.7 Å². The van der Waals surface area contributed by atoms with Crippen molar-refractivity contribution < 1.29 is 19.0 Å². The highest BCUT2D eigenvalue weighted by molar-refractivity contribution is 6.03. The Morgan fingerprint density at radius 1 is 0.900 bits per heavy atom. The van der Waals surface area contributed by atoms with Crippen molar-refractivity contribution in [2.24, 2.45) is 0 Å². The van der Waals surface area contributed by atoms with Crippen molar-refractivity contribution in [1.29, 1.82) is 0 Å². The Kier molecular flexibility index (Phi) is 4.21. The van der Waals surface area contributed by atoms with Crippen LogP contribution in [-0.4, -0.2) is 26.2 Å². The van der Waals surface area contributed by atoms with Crippen molar-refractivity contribution in [2.45, 2.75) is 19.4 Å². The highest BCUT2D eigenvalue weighted by Gasteiger charge is 2.54. The summed E-state index contributed by atoms with van der Waals surface area (Å²) in [5, 5.41) is 0. The number of hydrogen-bond acceptors (Lipinski definition) is 5. The van der Waals surface area contributed by atoms with E-state index in [0.29, 0.717) is 22.8 Å². The molecule has 0 saturated heterocycles. The quantitative estimate of drug-likeness (QED) is 0.569. The number of fused-ring (bicyclic) bond motifs is 6. The maximum atomic E-state index is 13.4. The smallest absolute Gasteiger partial charge is 0.342 e. The highest BCUT2D eigenvalue weighted by Crippen LogP contribution is 2.57. The second-order valence-electron chi connectivity index (χ2n) is 7.41. The van der Waals surface area contributed by atoms with Gasteiger partial charge in [-0.05, 0) is 32.0 Å². The van der Waals surface area contributed by atoms with Crippen molar-refractivity contribution in [1.82, 2.24) is 0 Å². The second-order valence-corrected chi connectivity index (χ2v) is 7.41. The molecule has 0 radical (unpaired) electrons. The summed E-state index contributed by atoms with van der Waals surface area (Å²) in [5.41, 5.74) is 2.76. The zero-order valence-corrected chi connectivity index (χ0v) is 17.3. The van der Waals surface area contributed by atoms with Crippen LogP contribution in [0, 0.1) is 0 Å². The third-order valence-electron chi connectivity index (χ3n) is 6.01. The molecule has 0 aliphatic carbocycles. The minimum Gasteiger partial charge on any atom is -0.497 e. The average Bonchev–Trinajstić information content (AvgIpc) is 3.07. The normalized spacial score (nSPS) is 15.0. The fourth-order valence-corrected chi connectivity index (χ4v) is 4.63. The molecule has 3 aromatic rings. The van der Waals surface area contributed by atoms with E-state index >= 15 is 0 Å². The first-order valence-electron chi connectivity index (χ1n) is 10.2. The Hall–Kier alpha value is -3.47. The van der Waals surface area contributed by atoms with Gasteiger partial charge in [0, 0.05) is 35.8 Å². The van der Waals surface area contributed by atoms with Crippen LogP contribution in [0.2, 0.25) is 0 Å². The predicted octanol–water partition coefficient (Wildman–Crippen LogP) is 5.11.